The van der Waals surface area contributed by atoms with Gasteiger partial charge in [-0.2, -0.15) is 4.98 Å². The molecule has 1 atom stereocenters. The number of hydrogen-bond acceptors (Lipinski definition) is 8. The van der Waals surface area contributed by atoms with Crippen LogP contribution in [0.1, 0.15) is 29.4 Å². The van der Waals surface area contributed by atoms with E-state index in [1.807, 2.05) is 11.8 Å². The number of nitrogens with zero attached hydrogens (tertiary/aromatic N) is 4. The molecule has 2 N–H and O–H groups in total. The fraction of sp³-hybridized carbons (Fsp3) is 0.471. The number of aryl methyl sites for hydroxylation is 1. The molecule has 1 saturated heterocycles. The third-order valence-corrected chi connectivity index (χ3v) is 5.02. The third-order valence-electron chi connectivity index (χ3n) is 4.16. The van der Waals surface area contributed by atoms with E-state index in [1.165, 1.54) is 12.3 Å². The monoisotopic (exact) mass is 395 g/mol. The van der Waals surface area contributed by atoms with Crippen molar-refractivity contribution in [1.29, 1.82) is 0 Å². The number of hydrogen-bond donors (Lipinski definition) is 1. The zero-order valence-corrected chi connectivity index (χ0v) is 16.0. The predicted octanol–water partition coefficient (Wildman–Crippen LogP) is 1.41. The van der Waals surface area contributed by atoms with Gasteiger partial charge in [0.2, 0.25) is 5.95 Å². The number of nitrogen functional groups attached to an aromatic ring is 1. The van der Waals surface area contributed by atoms with Crippen LogP contribution in [0, 0.1) is 12.7 Å². The first kappa shape index (κ1) is 19.4. The van der Waals surface area contributed by atoms with Crippen LogP contribution in [0.5, 0.6) is 0 Å². The van der Waals surface area contributed by atoms with Gasteiger partial charge in [-0.1, -0.05) is 0 Å². The quantitative estimate of drug-likeness (QED) is 0.827. The molecular formula is C17H22FN5O3S. The molecule has 3 heterocycles. The second-order valence-corrected chi connectivity index (χ2v) is 8.78. The van der Waals surface area contributed by atoms with Crippen molar-refractivity contribution in [2.24, 2.45) is 0 Å². The molecule has 0 spiro atoms. The minimum absolute atomic E-state index is 0.144. The number of aromatic nitrogens is 3. The summed E-state index contributed by atoms with van der Waals surface area (Å²) in [5.41, 5.74) is 6.97. The first-order valence-corrected chi connectivity index (χ1v) is 10.6. The van der Waals surface area contributed by atoms with Crippen LogP contribution in [0.4, 0.5) is 16.2 Å². The highest BCUT2D eigenvalue weighted by atomic mass is 32.2. The second kappa shape index (κ2) is 7.73. The minimum Gasteiger partial charge on any atom is -0.379 e. The van der Waals surface area contributed by atoms with E-state index in [0.29, 0.717) is 30.2 Å². The molecule has 1 aliphatic heterocycles. The molecule has 2 aromatic rings. The molecule has 10 heteroatoms. The Bertz CT molecular complexity index is 918. The van der Waals surface area contributed by atoms with Gasteiger partial charge in [-0.3, -0.25) is 4.98 Å². The van der Waals surface area contributed by atoms with E-state index >= 15 is 0 Å². The van der Waals surface area contributed by atoms with Crippen molar-refractivity contribution in [2.45, 2.75) is 25.1 Å². The summed E-state index contributed by atoms with van der Waals surface area (Å²) in [5.74, 6) is -0.109. The summed E-state index contributed by atoms with van der Waals surface area (Å²) in [5, 5.41) is 0. The van der Waals surface area contributed by atoms with E-state index in [0.717, 1.165) is 12.7 Å². The number of ether oxygens (including phenoxy) is 1. The Morgan fingerprint density at radius 3 is 2.81 bits per heavy atom. The number of pyridine rings is 1. The van der Waals surface area contributed by atoms with Crippen molar-refractivity contribution < 1.29 is 17.5 Å². The molecular weight excluding hydrogens is 373 g/mol. The molecule has 0 radical (unpaired) electrons. The summed E-state index contributed by atoms with van der Waals surface area (Å²) in [6.45, 7) is 3.18. The standard InChI is InChI=1S/C17H22FN5O3S/c1-11-6-15(22-17(19)21-11)23-4-3-5-26-9-14(23)16-13(18)7-12(8-20-16)10-27(2,24)25/h6-8,14H,3-5,9-10H2,1-2H3,(H2,19,21,22). The van der Waals surface area contributed by atoms with E-state index in [9.17, 15) is 12.8 Å². The summed E-state index contributed by atoms with van der Waals surface area (Å²) >= 11 is 0. The number of rotatable bonds is 4. The van der Waals surface area contributed by atoms with Crippen LogP contribution in [0.15, 0.2) is 18.3 Å². The Balaban J connectivity index is 1.98. The van der Waals surface area contributed by atoms with Gasteiger partial charge >= 0.3 is 0 Å². The van der Waals surface area contributed by atoms with Crippen LogP contribution in [-0.4, -0.2) is 49.4 Å². The number of nitrogens with two attached hydrogens (primary N) is 1. The van der Waals surface area contributed by atoms with Crippen molar-refractivity contribution in [3.05, 3.63) is 41.1 Å². The van der Waals surface area contributed by atoms with Crippen LogP contribution in [0.25, 0.3) is 0 Å². The van der Waals surface area contributed by atoms with E-state index in [2.05, 4.69) is 15.0 Å². The van der Waals surface area contributed by atoms with Gasteiger partial charge in [0.15, 0.2) is 9.84 Å². The first-order valence-electron chi connectivity index (χ1n) is 8.50. The number of halogens is 1. The zero-order chi connectivity index (χ0) is 19.6. The van der Waals surface area contributed by atoms with Crippen LogP contribution in [0.3, 0.4) is 0 Å². The molecule has 3 rings (SSSR count). The lowest BCUT2D eigenvalue weighted by atomic mass is 10.1. The van der Waals surface area contributed by atoms with Crippen LogP contribution < -0.4 is 10.6 Å². The molecule has 0 aromatic carbocycles. The summed E-state index contributed by atoms with van der Waals surface area (Å²) in [7, 11) is -3.27. The largest absolute Gasteiger partial charge is 0.379 e. The third kappa shape index (κ3) is 4.89. The van der Waals surface area contributed by atoms with Gasteiger partial charge in [0.25, 0.3) is 0 Å². The Morgan fingerprint density at radius 1 is 1.37 bits per heavy atom. The summed E-state index contributed by atoms with van der Waals surface area (Å²) in [4.78, 5) is 14.5. The minimum atomic E-state index is -3.27. The lowest BCUT2D eigenvalue weighted by Gasteiger charge is -2.30. The molecule has 0 amide bonds. The van der Waals surface area contributed by atoms with Crippen molar-refractivity contribution in [3.63, 3.8) is 0 Å². The highest BCUT2D eigenvalue weighted by Crippen LogP contribution is 2.30. The van der Waals surface area contributed by atoms with Gasteiger partial charge in [-0.15, -0.1) is 0 Å². The smallest absolute Gasteiger partial charge is 0.222 e. The Morgan fingerprint density at radius 2 is 2.15 bits per heavy atom. The van der Waals surface area contributed by atoms with Gasteiger partial charge in [-0.25, -0.2) is 17.8 Å². The normalized spacial score (nSPS) is 18.3. The lowest BCUT2D eigenvalue weighted by molar-refractivity contribution is 0.132. The Labute approximate surface area is 157 Å². The Hall–Kier alpha value is -2.33. The van der Waals surface area contributed by atoms with Crippen molar-refractivity contribution in [2.75, 3.05) is 36.6 Å². The average Bonchev–Trinajstić information content (AvgIpc) is 2.78. The molecule has 8 nitrogen and oxygen atoms in total. The van der Waals surface area contributed by atoms with Crippen molar-refractivity contribution in [1.82, 2.24) is 15.0 Å². The van der Waals surface area contributed by atoms with Crippen LogP contribution >= 0.6 is 0 Å². The van der Waals surface area contributed by atoms with Gasteiger partial charge < -0.3 is 15.4 Å². The predicted molar refractivity (Wildman–Crippen MR) is 99.4 cm³/mol. The van der Waals surface area contributed by atoms with Crippen molar-refractivity contribution >= 4 is 21.6 Å². The van der Waals surface area contributed by atoms with E-state index < -0.39 is 21.7 Å². The fourth-order valence-corrected chi connectivity index (χ4v) is 3.88. The van der Waals surface area contributed by atoms with Gasteiger partial charge in [0.1, 0.15) is 17.3 Å². The van der Waals surface area contributed by atoms with E-state index in [1.54, 1.807) is 6.07 Å². The molecule has 0 saturated carbocycles. The Kier molecular flexibility index (Phi) is 5.56. The molecule has 0 aliphatic carbocycles. The molecule has 27 heavy (non-hydrogen) atoms. The fourth-order valence-electron chi connectivity index (χ4n) is 3.12. The molecule has 2 aromatic heterocycles. The van der Waals surface area contributed by atoms with Crippen molar-refractivity contribution in [3.8, 4) is 0 Å². The summed E-state index contributed by atoms with van der Waals surface area (Å²) in [6, 6.07) is 2.49. The SMILES string of the molecule is Cc1cc(N2CCCOCC2c2ncc(CS(C)(=O)=O)cc2F)nc(N)n1. The molecule has 1 aliphatic rings. The summed E-state index contributed by atoms with van der Waals surface area (Å²) < 4.78 is 43.3. The molecule has 0 bridgehead atoms. The number of sulfone groups is 1. The maximum Gasteiger partial charge on any atom is 0.222 e. The van der Waals surface area contributed by atoms with E-state index in [4.69, 9.17) is 10.5 Å². The maximum atomic E-state index is 14.8. The van der Waals surface area contributed by atoms with Crippen LogP contribution in [0.2, 0.25) is 0 Å². The first-order chi connectivity index (χ1) is 12.7. The molecule has 1 unspecified atom stereocenters. The topological polar surface area (TPSA) is 111 Å². The van der Waals surface area contributed by atoms with E-state index in [-0.39, 0.29) is 24.0 Å². The molecule has 146 valence electrons. The highest BCUT2D eigenvalue weighted by Gasteiger charge is 2.29. The lowest BCUT2D eigenvalue weighted by Crippen LogP contribution is -2.33. The zero-order valence-electron chi connectivity index (χ0n) is 15.2. The average molecular weight is 395 g/mol. The van der Waals surface area contributed by atoms with Gasteiger partial charge in [-0.05, 0) is 25.0 Å². The number of anilines is 2. The van der Waals surface area contributed by atoms with Crippen LogP contribution in [-0.2, 0) is 20.3 Å². The molecule has 1 fully saturated rings. The van der Waals surface area contributed by atoms with Gasteiger partial charge in [0.05, 0.1) is 18.4 Å². The summed E-state index contributed by atoms with van der Waals surface area (Å²) in [6.07, 6.45) is 3.23. The highest BCUT2D eigenvalue weighted by molar-refractivity contribution is 7.89. The second-order valence-electron chi connectivity index (χ2n) is 6.64. The maximum absolute atomic E-state index is 14.8. The van der Waals surface area contributed by atoms with Gasteiger partial charge in [0, 0.05) is 37.4 Å².